The number of aryl methyl sites for hydroxylation is 2. The van der Waals surface area contributed by atoms with Gasteiger partial charge in [-0.2, -0.15) is 5.10 Å². The van der Waals surface area contributed by atoms with Crippen LogP contribution in [-0.2, 0) is 11.2 Å². The molecule has 0 aliphatic rings. The summed E-state index contributed by atoms with van der Waals surface area (Å²) >= 11 is 0. The van der Waals surface area contributed by atoms with Gasteiger partial charge < -0.3 is 5.32 Å². The van der Waals surface area contributed by atoms with Crippen molar-refractivity contribution in [1.82, 2.24) is 19.9 Å². The summed E-state index contributed by atoms with van der Waals surface area (Å²) in [5.41, 5.74) is 5.55. The van der Waals surface area contributed by atoms with E-state index in [1.807, 2.05) is 54.8 Å². The number of hydrogen-bond acceptors (Lipinski definition) is 3. The van der Waals surface area contributed by atoms with Crippen LogP contribution in [0.15, 0.2) is 36.4 Å². The zero-order valence-electron chi connectivity index (χ0n) is 15.9. The lowest BCUT2D eigenvalue weighted by molar-refractivity contribution is -0.120. The lowest BCUT2D eigenvalue weighted by atomic mass is 10.1. The highest BCUT2D eigenvalue weighted by atomic mass is 16.1. The third-order valence-corrected chi connectivity index (χ3v) is 4.61. The first kappa shape index (κ1) is 18.1. The maximum absolute atomic E-state index is 12.3. The molecular formula is C21H26N4O. The van der Waals surface area contributed by atoms with Gasteiger partial charge in [0, 0.05) is 35.1 Å². The molecular weight excluding hydrogens is 324 g/mol. The van der Waals surface area contributed by atoms with Crippen LogP contribution in [0.1, 0.15) is 37.2 Å². The van der Waals surface area contributed by atoms with Crippen LogP contribution in [0.2, 0.25) is 0 Å². The molecule has 0 aliphatic carbocycles. The van der Waals surface area contributed by atoms with E-state index in [-0.39, 0.29) is 5.91 Å². The Bertz CT molecular complexity index is 913. The van der Waals surface area contributed by atoms with Crippen LogP contribution >= 0.6 is 0 Å². The Morgan fingerprint density at radius 3 is 2.62 bits per heavy atom. The lowest BCUT2D eigenvalue weighted by Crippen LogP contribution is -2.27. The van der Waals surface area contributed by atoms with Crippen LogP contribution in [0.4, 0.5) is 0 Å². The molecule has 0 saturated heterocycles. The Morgan fingerprint density at radius 1 is 1.19 bits per heavy atom. The minimum atomic E-state index is 0.0356. The van der Waals surface area contributed by atoms with E-state index in [2.05, 4.69) is 24.1 Å². The molecule has 0 spiro atoms. The predicted molar refractivity (Wildman–Crippen MR) is 104 cm³/mol. The van der Waals surface area contributed by atoms with Crippen molar-refractivity contribution in [3.8, 4) is 11.3 Å². The summed E-state index contributed by atoms with van der Waals surface area (Å²) in [5.74, 6) is 0.616. The van der Waals surface area contributed by atoms with Gasteiger partial charge in [0.25, 0.3) is 0 Å². The summed E-state index contributed by atoms with van der Waals surface area (Å²) in [6.07, 6.45) is 1.32. The molecule has 0 aliphatic heterocycles. The zero-order valence-corrected chi connectivity index (χ0v) is 15.9. The van der Waals surface area contributed by atoms with E-state index in [0.29, 0.717) is 18.9 Å². The number of rotatable bonds is 6. The molecule has 1 amide bonds. The van der Waals surface area contributed by atoms with Gasteiger partial charge in [0.05, 0.1) is 12.1 Å². The number of nitrogens with zero attached hydrogens (tertiary/aromatic N) is 3. The Hall–Kier alpha value is -2.69. The van der Waals surface area contributed by atoms with E-state index in [4.69, 9.17) is 5.10 Å². The van der Waals surface area contributed by atoms with Crippen molar-refractivity contribution in [1.29, 1.82) is 0 Å². The van der Waals surface area contributed by atoms with Gasteiger partial charge in [0.1, 0.15) is 0 Å². The van der Waals surface area contributed by atoms with Crippen molar-refractivity contribution < 1.29 is 4.79 Å². The molecule has 0 unspecified atom stereocenters. The average molecular weight is 350 g/mol. The van der Waals surface area contributed by atoms with Crippen molar-refractivity contribution in [2.75, 3.05) is 6.54 Å². The highest BCUT2D eigenvalue weighted by Gasteiger charge is 2.15. The van der Waals surface area contributed by atoms with Crippen molar-refractivity contribution in [3.63, 3.8) is 0 Å². The third kappa shape index (κ3) is 3.93. The first-order chi connectivity index (χ1) is 12.5. The molecule has 5 heteroatoms. The molecule has 0 bridgehead atoms. The van der Waals surface area contributed by atoms with Crippen LogP contribution in [-0.4, -0.2) is 27.0 Å². The van der Waals surface area contributed by atoms with Crippen LogP contribution in [0.3, 0.4) is 0 Å². The van der Waals surface area contributed by atoms with Gasteiger partial charge in [-0.05, 0) is 26.2 Å². The number of fused-ring (bicyclic) bond motifs is 1. The highest BCUT2D eigenvalue weighted by Crippen LogP contribution is 2.22. The first-order valence-electron chi connectivity index (χ1n) is 9.13. The standard InChI is InChI=1S/C21H26N4O/c1-14(2)10-11-22-21(26)12-18-15(3)23-20-13-19(24-25(20)16(18)4)17-8-6-5-7-9-17/h5-9,13-14H,10-12H2,1-4H3,(H,22,26). The van der Waals surface area contributed by atoms with Crippen molar-refractivity contribution in [2.45, 2.75) is 40.5 Å². The van der Waals surface area contributed by atoms with Gasteiger partial charge in [0.15, 0.2) is 5.65 Å². The average Bonchev–Trinajstić information content (AvgIpc) is 3.03. The number of amides is 1. The second-order valence-corrected chi connectivity index (χ2v) is 7.14. The van der Waals surface area contributed by atoms with Gasteiger partial charge >= 0.3 is 0 Å². The number of aromatic nitrogens is 3. The van der Waals surface area contributed by atoms with E-state index >= 15 is 0 Å². The largest absolute Gasteiger partial charge is 0.356 e. The molecule has 0 fully saturated rings. The fraction of sp³-hybridized carbons (Fsp3) is 0.381. The molecule has 0 atom stereocenters. The fourth-order valence-electron chi connectivity index (χ4n) is 3.06. The minimum Gasteiger partial charge on any atom is -0.356 e. The topological polar surface area (TPSA) is 59.3 Å². The Labute approximate surface area is 154 Å². The summed E-state index contributed by atoms with van der Waals surface area (Å²) in [6, 6.07) is 12.0. The number of carbonyl (C=O) groups excluding carboxylic acids is 1. The lowest BCUT2D eigenvalue weighted by Gasteiger charge is -2.12. The normalized spacial score (nSPS) is 11.3. The smallest absolute Gasteiger partial charge is 0.224 e. The second-order valence-electron chi connectivity index (χ2n) is 7.14. The molecule has 0 saturated carbocycles. The number of nitrogens with one attached hydrogen (secondary N) is 1. The van der Waals surface area contributed by atoms with Crippen LogP contribution < -0.4 is 5.32 Å². The van der Waals surface area contributed by atoms with E-state index in [0.717, 1.165) is 40.3 Å². The van der Waals surface area contributed by atoms with Gasteiger partial charge in [0.2, 0.25) is 5.91 Å². The molecule has 26 heavy (non-hydrogen) atoms. The molecule has 2 heterocycles. The van der Waals surface area contributed by atoms with E-state index < -0.39 is 0 Å². The number of benzene rings is 1. The molecule has 1 aromatic carbocycles. The summed E-state index contributed by atoms with van der Waals surface area (Å²) < 4.78 is 1.84. The Morgan fingerprint density at radius 2 is 1.92 bits per heavy atom. The van der Waals surface area contributed by atoms with Gasteiger partial charge in [-0.15, -0.1) is 0 Å². The summed E-state index contributed by atoms with van der Waals surface area (Å²) in [6.45, 7) is 8.98. The quantitative estimate of drug-likeness (QED) is 0.737. The molecule has 136 valence electrons. The fourth-order valence-corrected chi connectivity index (χ4v) is 3.06. The Balaban J connectivity index is 1.86. The summed E-state index contributed by atoms with van der Waals surface area (Å²) in [5, 5.41) is 7.70. The van der Waals surface area contributed by atoms with Gasteiger partial charge in [-0.3, -0.25) is 4.79 Å². The number of hydrogen-bond donors (Lipinski definition) is 1. The van der Waals surface area contributed by atoms with Crippen LogP contribution in [0.25, 0.3) is 16.9 Å². The zero-order chi connectivity index (χ0) is 18.7. The van der Waals surface area contributed by atoms with E-state index in [1.54, 1.807) is 0 Å². The highest BCUT2D eigenvalue weighted by molar-refractivity contribution is 5.79. The van der Waals surface area contributed by atoms with Crippen molar-refractivity contribution in [3.05, 3.63) is 53.3 Å². The van der Waals surface area contributed by atoms with Gasteiger partial charge in [-0.1, -0.05) is 44.2 Å². The van der Waals surface area contributed by atoms with E-state index in [1.165, 1.54) is 0 Å². The molecule has 0 radical (unpaired) electrons. The second kappa shape index (κ2) is 7.68. The van der Waals surface area contributed by atoms with Gasteiger partial charge in [-0.25, -0.2) is 9.50 Å². The summed E-state index contributed by atoms with van der Waals surface area (Å²) in [7, 11) is 0. The maximum Gasteiger partial charge on any atom is 0.224 e. The molecule has 3 aromatic rings. The van der Waals surface area contributed by atoms with E-state index in [9.17, 15) is 4.79 Å². The minimum absolute atomic E-state index is 0.0356. The SMILES string of the molecule is Cc1nc2cc(-c3ccccc3)nn2c(C)c1CC(=O)NCCC(C)C. The molecule has 2 aromatic heterocycles. The maximum atomic E-state index is 12.3. The first-order valence-corrected chi connectivity index (χ1v) is 9.13. The number of carbonyl (C=O) groups is 1. The van der Waals surface area contributed by atoms with Crippen LogP contribution in [0, 0.1) is 19.8 Å². The monoisotopic (exact) mass is 350 g/mol. The predicted octanol–water partition coefficient (Wildman–Crippen LogP) is 3.72. The van der Waals surface area contributed by atoms with Crippen LogP contribution in [0.5, 0.6) is 0 Å². The van der Waals surface area contributed by atoms with Crippen molar-refractivity contribution in [2.24, 2.45) is 5.92 Å². The third-order valence-electron chi connectivity index (χ3n) is 4.61. The molecule has 1 N–H and O–H groups in total. The van der Waals surface area contributed by atoms with Crippen molar-refractivity contribution >= 4 is 11.6 Å². The Kier molecular flexibility index (Phi) is 5.35. The molecule has 5 nitrogen and oxygen atoms in total. The summed E-state index contributed by atoms with van der Waals surface area (Å²) in [4.78, 5) is 17.0. The molecule has 3 rings (SSSR count).